The highest BCUT2D eigenvalue weighted by molar-refractivity contribution is 4.70. The van der Waals surface area contributed by atoms with Gasteiger partial charge in [-0.2, -0.15) is 0 Å². The molecule has 0 radical (unpaired) electrons. The zero-order valence-corrected chi connectivity index (χ0v) is 11.1. The summed E-state index contributed by atoms with van der Waals surface area (Å²) < 4.78 is 11.2. The molecule has 0 saturated heterocycles. The highest BCUT2D eigenvalue weighted by Gasteiger charge is 2.28. The third-order valence-corrected chi connectivity index (χ3v) is 3.86. The molecule has 1 rings (SSSR count). The second-order valence-electron chi connectivity index (χ2n) is 5.00. The first-order valence-electron chi connectivity index (χ1n) is 6.93. The van der Waals surface area contributed by atoms with Crippen molar-refractivity contribution in [1.29, 1.82) is 0 Å². The molecule has 1 aliphatic carbocycles. The molecule has 0 unspecified atom stereocenters. The first-order chi connectivity index (χ1) is 7.83. The normalized spacial score (nSPS) is 24.4. The van der Waals surface area contributed by atoms with Gasteiger partial charge in [0.15, 0.2) is 5.79 Å². The van der Waals surface area contributed by atoms with Crippen LogP contribution in [-0.4, -0.2) is 20.0 Å². The Balaban J connectivity index is 2.41. The fourth-order valence-electron chi connectivity index (χ4n) is 2.64. The van der Waals surface area contributed by atoms with E-state index >= 15 is 0 Å². The molecule has 0 aromatic heterocycles. The van der Waals surface area contributed by atoms with Crippen LogP contribution in [0.3, 0.4) is 0 Å². The standard InChI is InChI=1S/C14H28O2/c1-15-14(16-2)12-10-8-6-4-3-5-7-9-11-13-14/h3-13H2,1-2H3. The molecule has 0 spiro atoms. The predicted octanol–water partition coefficient (Wildman–Crippen LogP) is 4.28. The average molecular weight is 228 g/mol. The molecule has 0 N–H and O–H groups in total. The Morgan fingerprint density at radius 2 is 0.875 bits per heavy atom. The van der Waals surface area contributed by atoms with Crippen LogP contribution in [0, 0.1) is 0 Å². The van der Waals surface area contributed by atoms with Crippen molar-refractivity contribution < 1.29 is 9.47 Å². The van der Waals surface area contributed by atoms with Gasteiger partial charge < -0.3 is 9.47 Å². The number of hydrogen-bond acceptors (Lipinski definition) is 2. The molecule has 0 aromatic carbocycles. The highest BCUT2D eigenvalue weighted by Crippen LogP contribution is 2.28. The third-order valence-electron chi connectivity index (χ3n) is 3.86. The van der Waals surface area contributed by atoms with Crippen LogP contribution in [-0.2, 0) is 9.47 Å². The lowest BCUT2D eigenvalue weighted by molar-refractivity contribution is -0.216. The van der Waals surface area contributed by atoms with Gasteiger partial charge in [-0.05, 0) is 12.8 Å². The summed E-state index contributed by atoms with van der Waals surface area (Å²) in [5.74, 6) is -0.292. The molecular weight excluding hydrogens is 200 g/mol. The van der Waals surface area contributed by atoms with Gasteiger partial charge in [0, 0.05) is 27.1 Å². The maximum Gasteiger partial charge on any atom is 0.167 e. The number of ether oxygens (including phenoxy) is 2. The predicted molar refractivity (Wildman–Crippen MR) is 67.5 cm³/mol. The smallest absolute Gasteiger partial charge is 0.167 e. The van der Waals surface area contributed by atoms with Crippen molar-refractivity contribution in [2.45, 2.75) is 76.4 Å². The first kappa shape index (κ1) is 14.0. The van der Waals surface area contributed by atoms with E-state index in [0.29, 0.717) is 0 Å². The highest BCUT2D eigenvalue weighted by atomic mass is 16.7. The summed E-state index contributed by atoms with van der Waals surface area (Å²) in [5, 5.41) is 0. The summed E-state index contributed by atoms with van der Waals surface area (Å²) in [6.07, 6.45) is 14.2. The van der Waals surface area contributed by atoms with Crippen molar-refractivity contribution in [1.82, 2.24) is 0 Å². The van der Waals surface area contributed by atoms with E-state index in [0.717, 1.165) is 12.8 Å². The van der Waals surface area contributed by atoms with E-state index in [-0.39, 0.29) is 5.79 Å². The molecule has 0 heterocycles. The van der Waals surface area contributed by atoms with Gasteiger partial charge in [-0.25, -0.2) is 0 Å². The zero-order chi connectivity index (χ0) is 11.7. The Morgan fingerprint density at radius 3 is 1.19 bits per heavy atom. The average Bonchev–Trinajstić information content (AvgIpc) is 2.31. The van der Waals surface area contributed by atoms with Crippen molar-refractivity contribution >= 4 is 0 Å². The van der Waals surface area contributed by atoms with Gasteiger partial charge in [0.25, 0.3) is 0 Å². The Morgan fingerprint density at radius 1 is 0.562 bits per heavy atom. The van der Waals surface area contributed by atoms with E-state index in [9.17, 15) is 0 Å². The Bertz CT molecular complexity index is 150. The molecule has 2 heteroatoms. The summed E-state index contributed by atoms with van der Waals surface area (Å²) in [7, 11) is 3.57. The first-order valence-corrected chi connectivity index (χ1v) is 6.93. The Labute approximate surface area is 101 Å². The molecule has 1 aliphatic rings. The molecule has 0 aliphatic heterocycles. The van der Waals surface area contributed by atoms with Crippen LogP contribution in [0.5, 0.6) is 0 Å². The molecule has 16 heavy (non-hydrogen) atoms. The van der Waals surface area contributed by atoms with Crippen molar-refractivity contribution in [3.8, 4) is 0 Å². The molecule has 1 fully saturated rings. The summed E-state index contributed by atoms with van der Waals surface area (Å²) in [5.41, 5.74) is 0. The largest absolute Gasteiger partial charge is 0.353 e. The van der Waals surface area contributed by atoms with E-state index in [1.165, 1.54) is 57.8 Å². The van der Waals surface area contributed by atoms with Crippen LogP contribution in [0.2, 0.25) is 0 Å². The summed E-state index contributed by atoms with van der Waals surface area (Å²) >= 11 is 0. The van der Waals surface area contributed by atoms with Gasteiger partial charge >= 0.3 is 0 Å². The second kappa shape index (κ2) is 8.08. The van der Waals surface area contributed by atoms with Crippen molar-refractivity contribution in [3.63, 3.8) is 0 Å². The van der Waals surface area contributed by atoms with E-state index < -0.39 is 0 Å². The van der Waals surface area contributed by atoms with Crippen LogP contribution in [0.4, 0.5) is 0 Å². The quantitative estimate of drug-likeness (QED) is 0.657. The minimum Gasteiger partial charge on any atom is -0.353 e. The summed E-state index contributed by atoms with van der Waals surface area (Å²) in [6.45, 7) is 0. The maximum absolute atomic E-state index is 5.61. The van der Waals surface area contributed by atoms with Gasteiger partial charge in [-0.1, -0.05) is 44.9 Å². The van der Waals surface area contributed by atoms with E-state index in [1.54, 1.807) is 14.2 Å². The van der Waals surface area contributed by atoms with Gasteiger partial charge in [0.05, 0.1) is 0 Å². The SMILES string of the molecule is COC1(OC)CCCCCCCCCCC1. The summed E-state index contributed by atoms with van der Waals surface area (Å²) in [4.78, 5) is 0. The molecular formula is C14H28O2. The number of methoxy groups -OCH3 is 2. The summed E-state index contributed by atoms with van der Waals surface area (Å²) in [6, 6.07) is 0. The van der Waals surface area contributed by atoms with Gasteiger partial charge in [0.2, 0.25) is 0 Å². The van der Waals surface area contributed by atoms with Gasteiger partial charge in [-0.3, -0.25) is 0 Å². The van der Waals surface area contributed by atoms with Crippen LogP contribution in [0.1, 0.15) is 70.6 Å². The number of hydrogen-bond donors (Lipinski definition) is 0. The van der Waals surface area contributed by atoms with Crippen molar-refractivity contribution in [2.75, 3.05) is 14.2 Å². The lowest BCUT2D eigenvalue weighted by Gasteiger charge is -2.31. The molecule has 0 atom stereocenters. The van der Waals surface area contributed by atoms with E-state index in [1.807, 2.05) is 0 Å². The molecule has 1 saturated carbocycles. The van der Waals surface area contributed by atoms with Crippen LogP contribution >= 0.6 is 0 Å². The fourth-order valence-corrected chi connectivity index (χ4v) is 2.64. The maximum atomic E-state index is 5.61. The van der Waals surface area contributed by atoms with E-state index in [2.05, 4.69) is 0 Å². The van der Waals surface area contributed by atoms with Crippen molar-refractivity contribution in [2.24, 2.45) is 0 Å². The van der Waals surface area contributed by atoms with E-state index in [4.69, 9.17) is 9.47 Å². The molecule has 0 amide bonds. The Hall–Kier alpha value is -0.0800. The zero-order valence-electron chi connectivity index (χ0n) is 11.1. The van der Waals surface area contributed by atoms with Crippen LogP contribution < -0.4 is 0 Å². The monoisotopic (exact) mass is 228 g/mol. The number of rotatable bonds is 2. The third kappa shape index (κ3) is 4.84. The Kier molecular flexibility index (Phi) is 7.06. The molecule has 0 aromatic rings. The second-order valence-corrected chi connectivity index (χ2v) is 5.00. The van der Waals surface area contributed by atoms with Crippen LogP contribution in [0.15, 0.2) is 0 Å². The topological polar surface area (TPSA) is 18.5 Å². The molecule has 2 nitrogen and oxygen atoms in total. The molecule has 0 bridgehead atoms. The van der Waals surface area contributed by atoms with Gasteiger partial charge in [0.1, 0.15) is 0 Å². The van der Waals surface area contributed by atoms with Crippen molar-refractivity contribution in [3.05, 3.63) is 0 Å². The minimum absolute atomic E-state index is 0.292. The molecule has 96 valence electrons. The minimum atomic E-state index is -0.292. The fraction of sp³-hybridized carbons (Fsp3) is 1.00. The van der Waals surface area contributed by atoms with Gasteiger partial charge in [-0.15, -0.1) is 0 Å². The lowest BCUT2D eigenvalue weighted by atomic mass is 9.97. The lowest BCUT2D eigenvalue weighted by Crippen LogP contribution is -2.33. The van der Waals surface area contributed by atoms with Crippen LogP contribution in [0.25, 0.3) is 0 Å².